The SMILES string of the molecule is COc1cccc(CNC(=O)c2csc(-n3cccc3)n2)c1. The Labute approximate surface area is 132 Å². The topological polar surface area (TPSA) is 56.1 Å². The summed E-state index contributed by atoms with van der Waals surface area (Å²) >= 11 is 1.43. The Kier molecular flexibility index (Phi) is 4.20. The molecule has 6 heteroatoms. The van der Waals surface area contributed by atoms with Gasteiger partial charge in [-0.1, -0.05) is 12.1 Å². The second kappa shape index (κ2) is 6.44. The zero-order chi connectivity index (χ0) is 15.4. The van der Waals surface area contributed by atoms with Gasteiger partial charge in [-0.3, -0.25) is 4.79 Å². The quantitative estimate of drug-likeness (QED) is 0.788. The Hall–Kier alpha value is -2.60. The molecular weight excluding hydrogens is 298 g/mol. The Morgan fingerprint density at radius 2 is 2.14 bits per heavy atom. The maximum atomic E-state index is 12.1. The van der Waals surface area contributed by atoms with Gasteiger partial charge in [0, 0.05) is 24.3 Å². The van der Waals surface area contributed by atoms with Crippen molar-refractivity contribution in [3.05, 3.63) is 65.4 Å². The molecule has 1 aromatic carbocycles. The van der Waals surface area contributed by atoms with Gasteiger partial charge < -0.3 is 14.6 Å². The highest BCUT2D eigenvalue weighted by atomic mass is 32.1. The number of carbonyl (C=O) groups is 1. The number of ether oxygens (including phenoxy) is 1. The Balaban J connectivity index is 1.64. The van der Waals surface area contributed by atoms with Gasteiger partial charge in [0.05, 0.1) is 7.11 Å². The Bertz CT molecular complexity index is 765. The fourth-order valence-electron chi connectivity index (χ4n) is 2.00. The second-order valence-electron chi connectivity index (χ2n) is 4.64. The average molecular weight is 313 g/mol. The number of amides is 1. The van der Waals surface area contributed by atoms with Crippen molar-refractivity contribution in [2.45, 2.75) is 6.54 Å². The first-order valence-corrected chi connectivity index (χ1v) is 7.64. The highest BCUT2D eigenvalue weighted by Gasteiger charge is 2.11. The molecule has 0 aliphatic carbocycles. The van der Waals surface area contributed by atoms with Crippen LogP contribution in [-0.2, 0) is 6.54 Å². The molecule has 3 aromatic rings. The van der Waals surface area contributed by atoms with Gasteiger partial charge >= 0.3 is 0 Å². The molecule has 0 spiro atoms. The van der Waals surface area contributed by atoms with Crippen molar-refractivity contribution in [2.75, 3.05) is 7.11 Å². The van der Waals surface area contributed by atoms with E-state index in [0.717, 1.165) is 16.4 Å². The first kappa shape index (κ1) is 14.3. The summed E-state index contributed by atoms with van der Waals surface area (Å²) in [7, 11) is 1.62. The molecule has 0 saturated heterocycles. The molecule has 1 N–H and O–H groups in total. The number of thiazole rings is 1. The highest BCUT2D eigenvalue weighted by Crippen LogP contribution is 2.15. The maximum Gasteiger partial charge on any atom is 0.271 e. The summed E-state index contributed by atoms with van der Waals surface area (Å²) in [5, 5.41) is 5.40. The molecule has 2 heterocycles. The fourth-order valence-corrected chi connectivity index (χ4v) is 2.78. The van der Waals surface area contributed by atoms with E-state index in [4.69, 9.17) is 4.74 Å². The van der Waals surface area contributed by atoms with Crippen molar-refractivity contribution in [3.8, 4) is 10.9 Å². The van der Waals surface area contributed by atoms with E-state index in [1.807, 2.05) is 53.4 Å². The minimum atomic E-state index is -0.183. The summed E-state index contributed by atoms with van der Waals surface area (Å²) in [5.41, 5.74) is 1.41. The lowest BCUT2D eigenvalue weighted by molar-refractivity contribution is 0.0946. The number of aromatic nitrogens is 2. The largest absolute Gasteiger partial charge is 0.497 e. The molecular formula is C16H15N3O2S. The molecule has 3 rings (SSSR count). The van der Waals surface area contributed by atoms with Crippen LogP contribution in [0.3, 0.4) is 0 Å². The van der Waals surface area contributed by atoms with Gasteiger partial charge in [-0.25, -0.2) is 4.98 Å². The van der Waals surface area contributed by atoms with Crippen LogP contribution in [0.5, 0.6) is 5.75 Å². The fraction of sp³-hybridized carbons (Fsp3) is 0.125. The lowest BCUT2D eigenvalue weighted by Crippen LogP contribution is -2.23. The molecule has 0 aliphatic heterocycles. The van der Waals surface area contributed by atoms with Crippen LogP contribution in [0, 0.1) is 0 Å². The number of methoxy groups -OCH3 is 1. The van der Waals surface area contributed by atoms with Crippen LogP contribution in [0.2, 0.25) is 0 Å². The summed E-state index contributed by atoms with van der Waals surface area (Å²) in [6.45, 7) is 0.437. The molecule has 112 valence electrons. The molecule has 2 aromatic heterocycles. The third-order valence-corrected chi connectivity index (χ3v) is 3.99. The summed E-state index contributed by atoms with van der Waals surface area (Å²) < 4.78 is 7.04. The van der Waals surface area contributed by atoms with E-state index in [1.54, 1.807) is 12.5 Å². The number of hydrogen-bond acceptors (Lipinski definition) is 4. The van der Waals surface area contributed by atoms with Gasteiger partial charge in [-0.2, -0.15) is 0 Å². The minimum Gasteiger partial charge on any atom is -0.497 e. The normalized spacial score (nSPS) is 10.4. The van der Waals surface area contributed by atoms with Crippen molar-refractivity contribution in [3.63, 3.8) is 0 Å². The summed E-state index contributed by atoms with van der Waals surface area (Å²) in [4.78, 5) is 16.5. The van der Waals surface area contributed by atoms with Crippen LogP contribution < -0.4 is 10.1 Å². The molecule has 0 unspecified atom stereocenters. The molecule has 0 saturated carbocycles. The van der Waals surface area contributed by atoms with Crippen LogP contribution in [0.15, 0.2) is 54.2 Å². The molecule has 5 nitrogen and oxygen atoms in total. The van der Waals surface area contributed by atoms with Gasteiger partial charge in [-0.05, 0) is 29.8 Å². The maximum absolute atomic E-state index is 12.1. The van der Waals surface area contributed by atoms with E-state index in [9.17, 15) is 4.79 Å². The number of rotatable bonds is 5. The van der Waals surface area contributed by atoms with Gasteiger partial charge in [0.15, 0.2) is 5.13 Å². The zero-order valence-electron chi connectivity index (χ0n) is 12.0. The van der Waals surface area contributed by atoms with Crippen LogP contribution in [0.4, 0.5) is 0 Å². The lowest BCUT2D eigenvalue weighted by atomic mass is 10.2. The van der Waals surface area contributed by atoms with Crippen LogP contribution in [0.25, 0.3) is 5.13 Å². The van der Waals surface area contributed by atoms with Crippen LogP contribution in [0.1, 0.15) is 16.1 Å². The predicted molar refractivity (Wildman–Crippen MR) is 85.6 cm³/mol. The van der Waals surface area contributed by atoms with Crippen molar-refractivity contribution in [1.29, 1.82) is 0 Å². The third-order valence-electron chi connectivity index (χ3n) is 3.14. The first-order chi connectivity index (χ1) is 10.8. The van der Waals surface area contributed by atoms with E-state index in [0.29, 0.717) is 12.2 Å². The van der Waals surface area contributed by atoms with E-state index >= 15 is 0 Å². The van der Waals surface area contributed by atoms with Crippen molar-refractivity contribution in [1.82, 2.24) is 14.9 Å². The number of benzene rings is 1. The Morgan fingerprint density at radius 3 is 2.91 bits per heavy atom. The van der Waals surface area contributed by atoms with E-state index in [1.165, 1.54) is 11.3 Å². The molecule has 0 fully saturated rings. The number of carbonyl (C=O) groups excluding carboxylic acids is 1. The highest BCUT2D eigenvalue weighted by molar-refractivity contribution is 7.12. The minimum absolute atomic E-state index is 0.183. The lowest BCUT2D eigenvalue weighted by Gasteiger charge is -2.05. The predicted octanol–water partition coefficient (Wildman–Crippen LogP) is 2.87. The average Bonchev–Trinajstić information content (AvgIpc) is 3.23. The van der Waals surface area contributed by atoms with Crippen LogP contribution in [-0.4, -0.2) is 22.6 Å². The van der Waals surface area contributed by atoms with Crippen molar-refractivity contribution < 1.29 is 9.53 Å². The standard InChI is InChI=1S/C16H15N3O2S/c1-21-13-6-4-5-12(9-13)10-17-15(20)14-11-22-16(18-14)19-7-2-3-8-19/h2-9,11H,10H2,1H3,(H,17,20). The second-order valence-corrected chi connectivity index (χ2v) is 5.48. The van der Waals surface area contributed by atoms with E-state index in [-0.39, 0.29) is 5.91 Å². The van der Waals surface area contributed by atoms with Crippen molar-refractivity contribution in [2.24, 2.45) is 0 Å². The number of nitrogens with one attached hydrogen (secondary N) is 1. The Morgan fingerprint density at radius 1 is 1.32 bits per heavy atom. The molecule has 1 amide bonds. The van der Waals surface area contributed by atoms with Crippen LogP contribution >= 0.6 is 11.3 Å². The summed E-state index contributed by atoms with van der Waals surface area (Å²) in [6.07, 6.45) is 3.80. The molecule has 0 radical (unpaired) electrons. The smallest absolute Gasteiger partial charge is 0.271 e. The summed E-state index contributed by atoms with van der Waals surface area (Å²) in [5.74, 6) is 0.591. The number of hydrogen-bond donors (Lipinski definition) is 1. The molecule has 0 aliphatic rings. The number of nitrogens with zero attached hydrogens (tertiary/aromatic N) is 2. The van der Waals surface area contributed by atoms with E-state index < -0.39 is 0 Å². The van der Waals surface area contributed by atoms with Gasteiger partial charge in [-0.15, -0.1) is 11.3 Å². The summed E-state index contributed by atoms with van der Waals surface area (Å²) in [6, 6.07) is 11.4. The van der Waals surface area contributed by atoms with Crippen molar-refractivity contribution >= 4 is 17.2 Å². The molecule has 0 bridgehead atoms. The zero-order valence-corrected chi connectivity index (χ0v) is 12.8. The third kappa shape index (κ3) is 3.17. The van der Waals surface area contributed by atoms with E-state index in [2.05, 4.69) is 10.3 Å². The van der Waals surface area contributed by atoms with Gasteiger partial charge in [0.1, 0.15) is 11.4 Å². The molecule has 22 heavy (non-hydrogen) atoms. The van der Waals surface area contributed by atoms with Gasteiger partial charge in [0.25, 0.3) is 5.91 Å². The van der Waals surface area contributed by atoms with Gasteiger partial charge in [0.2, 0.25) is 0 Å². The monoisotopic (exact) mass is 313 g/mol. The first-order valence-electron chi connectivity index (χ1n) is 6.76. The molecule has 0 atom stereocenters.